The van der Waals surface area contributed by atoms with Crippen LogP contribution in [0.15, 0.2) is 46.9 Å². The zero-order valence-corrected chi connectivity index (χ0v) is 12.4. The van der Waals surface area contributed by atoms with Gasteiger partial charge in [-0.05, 0) is 36.4 Å². The topological polar surface area (TPSA) is 64.9 Å². The molecule has 2 N–H and O–H groups in total. The fourth-order valence-corrected chi connectivity index (χ4v) is 2.11. The summed E-state index contributed by atoms with van der Waals surface area (Å²) in [6.45, 7) is -0.0210. The van der Waals surface area contributed by atoms with Crippen molar-refractivity contribution in [2.24, 2.45) is 0 Å². The minimum absolute atomic E-state index is 0.0210. The number of halogens is 2. The summed E-state index contributed by atoms with van der Waals surface area (Å²) >= 11 is 3.31. The van der Waals surface area contributed by atoms with E-state index < -0.39 is 5.82 Å². The molecule has 106 valence electrons. The smallest absolute Gasteiger partial charge is 0.243 e. The molecule has 4 nitrogen and oxygen atoms in total. The highest BCUT2D eigenvalue weighted by atomic mass is 79.9. The maximum Gasteiger partial charge on any atom is 0.243 e. The minimum Gasteiger partial charge on any atom is -0.375 e. The first-order chi connectivity index (χ1) is 10.1. The van der Waals surface area contributed by atoms with Gasteiger partial charge < -0.3 is 10.6 Å². The highest BCUT2D eigenvalue weighted by molar-refractivity contribution is 9.10. The molecule has 6 heteroatoms. The maximum absolute atomic E-state index is 13.0. The van der Waals surface area contributed by atoms with E-state index in [9.17, 15) is 9.18 Å². The van der Waals surface area contributed by atoms with Crippen LogP contribution in [0.5, 0.6) is 0 Å². The molecule has 0 radical (unpaired) electrons. The van der Waals surface area contributed by atoms with Crippen molar-refractivity contribution in [1.82, 2.24) is 0 Å². The van der Waals surface area contributed by atoms with E-state index in [4.69, 9.17) is 5.26 Å². The van der Waals surface area contributed by atoms with Crippen LogP contribution in [-0.2, 0) is 4.79 Å². The predicted octanol–water partition coefficient (Wildman–Crippen LogP) is 3.51. The molecule has 0 saturated heterocycles. The Hall–Kier alpha value is -2.39. The summed E-state index contributed by atoms with van der Waals surface area (Å²) in [4.78, 5) is 11.8. The van der Waals surface area contributed by atoms with Crippen LogP contribution in [0, 0.1) is 17.1 Å². The molecule has 1 amide bonds. The van der Waals surface area contributed by atoms with Crippen LogP contribution >= 0.6 is 15.9 Å². The molecule has 0 aliphatic heterocycles. The van der Waals surface area contributed by atoms with Gasteiger partial charge in [-0.1, -0.05) is 22.0 Å². The van der Waals surface area contributed by atoms with Crippen LogP contribution in [0.2, 0.25) is 0 Å². The number of carbonyl (C=O) groups excluding carboxylic acids is 1. The number of rotatable bonds is 4. The van der Waals surface area contributed by atoms with E-state index in [1.165, 1.54) is 12.1 Å². The molecule has 0 aliphatic rings. The van der Waals surface area contributed by atoms with E-state index in [2.05, 4.69) is 26.6 Å². The Balaban J connectivity index is 1.97. The van der Waals surface area contributed by atoms with Crippen molar-refractivity contribution in [2.45, 2.75) is 0 Å². The number of hydrogen-bond donors (Lipinski definition) is 2. The van der Waals surface area contributed by atoms with E-state index in [0.29, 0.717) is 11.4 Å². The molecule has 2 rings (SSSR count). The molecule has 0 bridgehead atoms. The number of amides is 1. The van der Waals surface area contributed by atoms with E-state index in [1.54, 1.807) is 18.2 Å². The third-order valence-corrected chi connectivity index (χ3v) is 3.14. The molecule has 0 spiro atoms. The predicted molar refractivity (Wildman–Crippen MR) is 82.4 cm³/mol. The SMILES string of the molecule is N#Cc1cc(F)ccc1NCC(=O)Nc1cccc(Br)c1. The molecule has 0 unspecified atom stereocenters. The number of carbonyl (C=O) groups is 1. The van der Waals surface area contributed by atoms with E-state index in [-0.39, 0.29) is 18.0 Å². The summed E-state index contributed by atoms with van der Waals surface area (Å²) < 4.78 is 13.9. The Morgan fingerprint density at radius 3 is 2.81 bits per heavy atom. The molecule has 0 atom stereocenters. The zero-order chi connectivity index (χ0) is 15.2. The van der Waals surface area contributed by atoms with Gasteiger partial charge in [0.05, 0.1) is 17.8 Å². The van der Waals surface area contributed by atoms with Crippen LogP contribution in [0.4, 0.5) is 15.8 Å². The van der Waals surface area contributed by atoms with Crippen molar-refractivity contribution in [3.8, 4) is 6.07 Å². The normalized spacial score (nSPS) is 9.76. The molecule has 0 saturated carbocycles. The van der Waals surface area contributed by atoms with Gasteiger partial charge in [-0.25, -0.2) is 4.39 Å². The molecule has 0 fully saturated rings. The zero-order valence-electron chi connectivity index (χ0n) is 10.9. The second kappa shape index (κ2) is 6.86. The fourth-order valence-electron chi connectivity index (χ4n) is 1.71. The van der Waals surface area contributed by atoms with Crippen LogP contribution in [0.3, 0.4) is 0 Å². The largest absolute Gasteiger partial charge is 0.375 e. The first-order valence-corrected chi connectivity index (χ1v) is 6.87. The number of hydrogen-bond acceptors (Lipinski definition) is 3. The summed E-state index contributed by atoms with van der Waals surface area (Å²) in [6.07, 6.45) is 0. The second-order valence-corrected chi connectivity index (χ2v) is 5.13. The molecule has 2 aromatic carbocycles. The van der Waals surface area contributed by atoms with Crippen LogP contribution in [0.25, 0.3) is 0 Å². The molecule has 0 aliphatic carbocycles. The first-order valence-electron chi connectivity index (χ1n) is 6.07. The van der Waals surface area contributed by atoms with Gasteiger partial charge in [-0.2, -0.15) is 5.26 Å². The van der Waals surface area contributed by atoms with Crippen molar-refractivity contribution in [2.75, 3.05) is 17.2 Å². The Kier molecular flexibility index (Phi) is 4.90. The van der Waals surface area contributed by atoms with Gasteiger partial charge in [0, 0.05) is 10.2 Å². The van der Waals surface area contributed by atoms with Gasteiger partial charge >= 0.3 is 0 Å². The van der Waals surface area contributed by atoms with Crippen molar-refractivity contribution in [3.05, 3.63) is 58.3 Å². The first kappa shape index (κ1) is 15.0. The molecular weight excluding hydrogens is 337 g/mol. The molecule has 0 heterocycles. The van der Waals surface area contributed by atoms with Crippen LogP contribution in [-0.4, -0.2) is 12.5 Å². The number of nitrogens with zero attached hydrogens (tertiary/aromatic N) is 1. The molecular formula is C15H11BrFN3O. The number of nitriles is 1. The summed E-state index contributed by atoms with van der Waals surface area (Å²) in [7, 11) is 0. The van der Waals surface area contributed by atoms with Gasteiger partial charge in [-0.15, -0.1) is 0 Å². The summed E-state index contributed by atoms with van der Waals surface area (Å²) in [5.74, 6) is -0.753. The monoisotopic (exact) mass is 347 g/mol. The Bertz CT molecular complexity index is 712. The Labute approximate surface area is 129 Å². The van der Waals surface area contributed by atoms with Gasteiger partial charge in [0.15, 0.2) is 0 Å². The minimum atomic E-state index is -0.490. The van der Waals surface area contributed by atoms with Gasteiger partial charge in [0.25, 0.3) is 0 Å². The van der Waals surface area contributed by atoms with E-state index in [0.717, 1.165) is 10.5 Å². The van der Waals surface area contributed by atoms with Crippen LogP contribution < -0.4 is 10.6 Å². The van der Waals surface area contributed by atoms with Crippen molar-refractivity contribution in [1.29, 1.82) is 5.26 Å². The number of anilines is 2. The molecule has 0 aromatic heterocycles. The molecule has 21 heavy (non-hydrogen) atoms. The highest BCUT2D eigenvalue weighted by Crippen LogP contribution is 2.17. The summed E-state index contributed by atoms with van der Waals surface area (Å²) in [5, 5.41) is 14.4. The molecule has 2 aromatic rings. The lowest BCUT2D eigenvalue weighted by Gasteiger charge is -2.09. The summed E-state index contributed by atoms with van der Waals surface area (Å²) in [5.41, 5.74) is 1.24. The van der Waals surface area contributed by atoms with Gasteiger partial charge in [-0.3, -0.25) is 4.79 Å². The van der Waals surface area contributed by atoms with E-state index >= 15 is 0 Å². The quantitative estimate of drug-likeness (QED) is 0.889. The summed E-state index contributed by atoms with van der Waals surface area (Å²) in [6, 6.07) is 12.9. The van der Waals surface area contributed by atoms with Crippen molar-refractivity contribution in [3.63, 3.8) is 0 Å². The average molecular weight is 348 g/mol. The third-order valence-electron chi connectivity index (χ3n) is 2.65. The maximum atomic E-state index is 13.0. The lowest BCUT2D eigenvalue weighted by atomic mass is 10.2. The second-order valence-electron chi connectivity index (χ2n) is 4.21. The van der Waals surface area contributed by atoms with Crippen molar-refractivity contribution >= 4 is 33.2 Å². The number of nitrogens with one attached hydrogen (secondary N) is 2. The fraction of sp³-hybridized carbons (Fsp3) is 0.0667. The standard InChI is InChI=1S/C15H11BrFN3O/c16-11-2-1-3-13(7-11)20-15(21)9-19-14-5-4-12(17)6-10(14)8-18/h1-7,19H,9H2,(H,20,21). The van der Waals surface area contributed by atoms with Gasteiger partial charge in [0.2, 0.25) is 5.91 Å². The lowest BCUT2D eigenvalue weighted by molar-refractivity contribution is -0.114. The highest BCUT2D eigenvalue weighted by Gasteiger charge is 2.06. The number of benzene rings is 2. The van der Waals surface area contributed by atoms with E-state index in [1.807, 2.05) is 12.1 Å². The Morgan fingerprint density at radius 1 is 1.29 bits per heavy atom. The van der Waals surface area contributed by atoms with Crippen LogP contribution in [0.1, 0.15) is 5.56 Å². The average Bonchev–Trinajstić information content (AvgIpc) is 2.45. The van der Waals surface area contributed by atoms with Gasteiger partial charge in [0.1, 0.15) is 11.9 Å². The third kappa shape index (κ3) is 4.29. The van der Waals surface area contributed by atoms with Crippen molar-refractivity contribution < 1.29 is 9.18 Å². The Morgan fingerprint density at radius 2 is 2.10 bits per heavy atom. The lowest BCUT2D eigenvalue weighted by Crippen LogP contribution is -2.22.